The molecule has 0 radical (unpaired) electrons. The summed E-state index contributed by atoms with van der Waals surface area (Å²) in [6.45, 7) is 4.61. The van der Waals surface area contributed by atoms with Gasteiger partial charge in [-0.05, 0) is 18.4 Å². The van der Waals surface area contributed by atoms with Crippen molar-refractivity contribution in [1.29, 1.82) is 0 Å². The summed E-state index contributed by atoms with van der Waals surface area (Å²) in [4.78, 5) is 16.0. The normalized spacial score (nSPS) is 13.8. The molecule has 4 heteroatoms. The number of imidazole rings is 1. The van der Waals surface area contributed by atoms with E-state index in [0.29, 0.717) is 12.5 Å². The smallest absolute Gasteiger partial charge is 0.242 e. The molecule has 1 aromatic carbocycles. The van der Waals surface area contributed by atoms with Gasteiger partial charge in [0.1, 0.15) is 6.04 Å². The van der Waals surface area contributed by atoms with Crippen LogP contribution >= 0.6 is 0 Å². The second-order valence-corrected chi connectivity index (χ2v) is 4.74. The van der Waals surface area contributed by atoms with Gasteiger partial charge in [0.25, 0.3) is 0 Å². The lowest BCUT2D eigenvalue weighted by Gasteiger charge is -2.16. The van der Waals surface area contributed by atoms with Crippen molar-refractivity contribution in [2.75, 3.05) is 6.54 Å². The highest BCUT2D eigenvalue weighted by Gasteiger charge is 2.15. The van der Waals surface area contributed by atoms with Crippen molar-refractivity contribution >= 4 is 5.91 Å². The van der Waals surface area contributed by atoms with Crippen LogP contribution in [-0.2, 0) is 4.79 Å². The third kappa shape index (κ3) is 3.44. The van der Waals surface area contributed by atoms with Gasteiger partial charge in [0, 0.05) is 18.9 Å². The van der Waals surface area contributed by atoms with Crippen LogP contribution in [0.3, 0.4) is 0 Å². The molecule has 0 spiro atoms. The van der Waals surface area contributed by atoms with E-state index in [2.05, 4.69) is 29.4 Å². The average Bonchev–Trinajstić information content (AvgIpc) is 2.98. The number of benzene rings is 1. The van der Waals surface area contributed by atoms with Gasteiger partial charge >= 0.3 is 0 Å². The fourth-order valence-corrected chi connectivity index (χ4v) is 1.93. The summed E-state index contributed by atoms with van der Waals surface area (Å²) in [5.74, 6) is 0.320. The lowest BCUT2D eigenvalue weighted by molar-refractivity contribution is -0.123. The number of rotatable bonds is 5. The molecule has 2 unspecified atom stereocenters. The van der Waals surface area contributed by atoms with Crippen LogP contribution in [0.15, 0.2) is 49.1 Å². The first-order chi connectivity index (χ1) is 9.18. The number of amides is 1. The van der Waals surface area contributed by atoms with Gasteiger partial charge in [0.05, 0.1) is 6.33 Å². The summed E-state index contributed by atoms with van der Waals surface area (Å²) in [7, 11) is 0. The fraction of sp³-hybridized carbons (Fsp3) is 0.333. The molecular formula is C15H19N3O. The molecule has 19 heavy (non-hydrogen) atoms. The van der Waals surface area contributed by atoms with Gasteiger partial charge in [-0.25, -0.2) is 4.98 Å². The number of hydrogen-bond donors (Lipinski definition) is 1. The van der Waals surface area contributed by atoms with Crippen molar-refractivity contribution in [2.45, 2.75) is 25.8 Å². The number of hydrogen-bond acceptors (Lipinski definition) is 2. The molecule has 4 nitrogen and oxygen atoms in total. The average molecular weight is 257 g/mol. The van der Waals surface area contributed by atoms with Crippen LogP contribution in [0.4, 0.5) is 0 Å². The van der Waals surface area contributed by atoms with Gasteiger partial charge < -0.3 is 9.88 Å². The summed E-state index contributed by atoms with van der Waals surface area (Å²) in [6.07, 6.45) is 5.13. The van der Waals surface area contributed by atoms with E-state index >= 15 is 0 Å². The Kier molecular flexibility index (Phi) is 4.34. The van der Waals surface area contributed by atoms with Gasteiger partial charge in [-0.1, -0.05) is 37.3 Å². The molecule has 0 aliphatic carbocycles. The quantitative estimate of drug-likeness (QED) is 0.893. The minimum Gasteiger partial charge on any atom is -0.354 e. The zero-order valence-electron chi connectivity index (χ0n) is 11.3. The van der Waals surface area contributed by atoms with Crippen molar-refractivity contribution in [2.24, 2.45) is 0 Å². The van der Waals surface area contributed by atoms with E-state index in [1.807, 2.05) is 25.1 Å². The topological polar surface area (TPSA) is 46.9 Å². The molecule has 1 heterocycles. The zero-order chi connectivity index (χ0) is 13.7. The second-order valence-electron chi connectivity index (χ2n) is 4.74. The minimum atomic E-state index is -0.231. The van der Waals surface area contributed by atoms with Crippen LogP contribution in [0.2, 0.25) is 0 Å². The molecule has 100 valence electrons. The first kappa shape index (κ1) is 13.3. The molecule has 2 atom stereocenters. The number of nitrogens with zero attached hydrogens (tertiary/aromatic N) is 2. The van der Waals surface area contributed by atoms with Crippen molar-refractivity contribution in [1.82, 2.24) is 14.9 Å². The van der Waals surface area contributed by atoms with Gasteiger partial charge in [0.15, 0.2) is 0 Å². The lowest BCUT2D eigenvalue weighted by Crippen LogP contribution is -2.33. The van der Waals surface area contributed by atoms with Crippen molar-refractivity contribution in [3.8, 4) is 0 Å². The number of carbonyl (C=O) groups is 1. The van der Waals surface area contributed by atoms with E-state index in [9.17, 15) is 4.79 Å². The number of nitrogens with one attached hydrogen (secondary N) is 1. The van der Waals surface area contributed by atoms with Crippen LogP contribution in [0.1, 0.15) is 31.4 Å². The van der Waals surface area contributed by atoms with Crippen molar-refractivity contribution in [3.63, 3.8) is 0 Å². The predicted molar refractivity (Wildman–Crippen MR) is 74.8 cm³/mol. The number of aromatic nitrogens is 2. The largest absolute Gasteiger partial charge is 0.354 e. The van der Waals surface area contributed by atoms with E-state index < -0.39 is 0 Å². The molecule has 0 fully saturated rings. The van der Waals surface area contributed by atoms with E-state index in [1.165, 1.54) is 5.56 Å². The van der Waals surface area contributed by atoms with Gasteiger partial charge in [0.2, 0.25) is 5.91 Å². The Morgan fingerprint density at radius 3 is 2.68 bits per heavy atom. The summed E-state index contributed by atoms with van der Waals surface area (Å²) in [6, 6.07) is 9.96. The summed E-state index contributed by atoms with van der Waals surface area (Å²) >= 11 is 0. The highest BCUT2D eigenvalue weighted by Crippen LogP contribution is 2.13. The molecule has 1 N–H and O–H groups in total. The molecule has 0 aliphatic heterocycles. The molecule has 1 amide bonds. The van der Waals surface area contributed by atoms with Crippen molar-refractivity contribution in [3.05, 3.63) is 54.6 Å². The highest BCUT2D eigenvalue weighted by atomic mass is 16.2. The van der Waals surface area contributed by atoms with Crippen LogP contribution in [-0.4, -0.2) is 22.0 Å². The number of carbonyl (C=O) groups excluding carboxylic acids is 1. The first-order valence-corrected chi connectivity index (χ1v) is 6.48. The summed E-state index contributed by atoms with van der Waals surface area (Å²) in [5.41, 5.74) is 1.23. The van der Waals surface area contributed by atoms with Crippen LogP contribution < -0.4 is 5.32 Å². The van der Waals surface area contributed by atoms with Gasteiger partial charge in [-0.3, -0.25) is 4.79 Å². The van der Waals surface area contributed by atoms with E-state index in [-0.39, 0.29) is 11.9 Å². The van der Waals surface area contributed by atoms with Crippen LogP contribution in [0.5, 0.6) is 0 Å². The lowest BCUT2D eigenvalue weighted by atomic mass is 10.0. The Balaban J connectivity index is 1.87. The molecule has 2 aromatic rings. The third-order valence-corrected chi connectivity index (χ3v) is 3.30. The monoisotopic (exact) mass is 257 g/mol. The molecule has 0 bridgehead atoms. The Morgan fingerprint density at radius 1 is 1.32 bits per heavy atom. The predicted octanol–water partition coefficient (Wildman–Crippen LogP) is 2.36. The Labute approximate surface area is 113 Å². The molecule has 2 rings (SSSR count). The molecule has 0 saturated heterocycles. The van der Waals surface area contributed by atoms with Gasteiger partial charge in [-0.2, -0.15) is 0 Å². The SMILES string of the molecule is CC(CNC(=O)C(C)n1ccnc1)c1ccccc1. The maximum atomic E-state index is 12.0. The molecule has 0 aliphatic rings. The highest BCUT2D eigenvalue weighted by molar-refractivity contribution is 5.79. The van der Waals surface area contributed by atoms with Crippen molar-refractivity contribution < 1.29 is 4.79 Å². The van der Waals surface area contributed by atoms with Gasteiger partial charge in [-0.15, -0.1) is 0 Å². The zero-order valence-corrected chi connectivity index (χ0v) is 11.3. The standard InChI is InChI=1S/C15H19N3O/c1-12(14-6-4-3-5-7-14)10-17-15(19)13(2)18-9-8-16-11-18/h3-9,11-13H,10H2,1-2H3,(H,17,19). The minimum absolute atomic E-state index is 0.0146. The maximum absolute atomic E-state index is 12.0. The Hall–Kier alpha value is -2.10. The second kappa shape index (κ2) is 6.18. The molecule has 0 saturated carbocycles. The van der Waals surface area contributed by atoms with Crippen LogP contribution in [0, 0.1) is 0 Å². The third-order valence-electron chi connectivity index (χ3n) is 3.30. The maximum Gasteiger partial charge on any atom is 0.242 e. The first-order valence-electron chi connectivity index (χ1n) is 6.48. The Morgan fingerprint density at radius 2 is 2.05 bits per heavy atom. The van der Waals surface area contributed by atoms with E-state index in [4.69, 9.17) is 0 Å². The molecule has 1 aromatic heterocycles. The summed E-state index contributed by atoms with van der Waals surface area (Å²) < 4.78 is 1.79. The van der Waals surface area contributed by atoms with E-state index in [1.54, 1.807) is 23.3 Å². The fourth-order valence-electron chi connectivity index (χ4n) is 1.93. The van der Waals surface area contributed by atoms with E-state index in [0.717, 1.165) is 0 Å². The molecular weight excluding hydrogens is 238 g/mol. The van der Waals surface area contributed by atoms with Crippen LogP contribution in [0.25, 0.3) is 0 Å². The summed E-state index contributed by atoms with van der Waals surface area (Å²) in [5, 5.41) is 2.98. The Bertz CT molecular complexity index is 507.